The van der Waals surface area contributed by atoms with Crippen molar-refractivity contribution >= 4 is 58.3 Å². The van der Waals surface area contributed by atoms with E-state index in [-0.39, 0.29) is 22.9 Å². The fourth-order valence-corrected chi connectivity index (χ4v) is 5.24. The van der Waals surface area contributed by atoms with E-state index >= 15 is 0 Å². The number of ether oxygens (including phenoxy) is 1. The number of benzene rings is 2. The van der Waals surface area contributed by atoms with Crippen LogP contribution >= 0.6 is 35.0 Å². The van der Waals surface area contributed by atoms with Crippen molar-refractivity contribution < 1.29 is 19.1 Å². The Balaban J connectivity index is 1.53. The zero-order chi connectivity index (χ0) is 19.2. The van der Waals surface area contributed by atoms with Crippen molar-refractivity contribution in [2.24, 2.45) is 0 Å². The van der Waals surface area contributed by atoms with Crippen molar-refractivity contribution in [2.45, 2.75) is 22.6 Å². The number of thioether (sulfide) groups is 1. The fourth-order valence-electron chi connectivity index (χ4n) is 3.31. The molecule has 2 aliphatic heterocycles. The minimum absolute atomic E-state index is 0.128. The van der Waals surface area contributed by atoms with Crippen LogP contribution in [0.5, 0.6) is 0 Å². The van der Waals surface area contributed by atoms with E-state index in [1.54, 1.807) is 12.1 Å². The average molecular weight is 422 g/mol. The van der Waals surface area contributed by atoms with Gasteiger partial charge in [0, 0.05) is 28.3 Å². The lowest BCUT2D eigenvalue weighted by atomic mass is 10.1. The number of ketones is 1. The second-order valence-electron chi connectivity index (χ2n) is 6.21. The molecule has 0 saturated carbocycles. The van der Waals surface area contributed by atoms with Gasteiger partial charge in [0.25, 0.3) is 0 Å². The van der Waals surface area contributed by atoms with Crippen LogP contribution in [0.4, 0.5) is 5.69 Å². The minimum Gasteiger partial charge on any atom is -0.455 e. The molecule has 0 aromatic heterocycles. The van der Waals surface area contributed by atoms with Crippen LogP contribution in [0.1, 0.15) is 23.2 Å². The van der Waals surface area contributed by atoms with E-state index in [9.17, 15) is 14.4 Å². The van der Waals surface area contributed by atoms with Crippen LogP contribution in [0, 0.1) is 0 Å². The Kier molecular flexibility index (Phi) is 4.66. The first kappa shape index (κ1) is 18.3. The number of anilines is 1. The molecule has 2 heterocycles. The molecule has 138 valence electrons. The number of amides is 1. The van der Waals surface area contributed by atoms with Gasteiger partial charge in [0.05, 0.1) is 10.7 Å². The Morgan fingerprint density at radius 1 is 1.19 bits per heavy atom. The van der Waals surface area contributed by atoms with Gasteiger partial charge in [0.15, 0.2) is 11.5 Å². The molecule has 0 radical (unpaired) electrons. The monoisotopic (exact) mass is 421 g/mol. The van der Waals surface area contributed by atoms with E-state index in [2.05, 4.69) is 0 Å². The Bertz CT molecular complexity index is 980. The average Bonchev–Trinajstić information content (AvgIpc) is 3.15. The summed E-state index contributed by atoms with van der Waals surface area (Å²) in [6.45, 7) is -0.457. The number of halogens is 2. The van der Waals surface area contributed by atoms with Crippen LogP contribution in [-0.2, 0) is 14.3 Å². The SMILES string of the molecule is O=C(COC(=O)C12CCC(=O)N1c1ccccc1S2)c1ccc(Cl)cc1Cl. The third kappa shape index (κ3) is 3.02. The van der Waals surface area contributed by atoms with Crippen molar-refractivity contribution in [3.05, 3.63) is 58.1 Å². The van der Waals surface area contributed by atoms with E-state index in [1.165, 1.54) is 28.8 Å². The smallest absolute Gasteiger partial charge is 0.343 e. The van der Waals surface area contributed by atoms with Crippen molar-refractivity contribution in [1.29, 1.82) is 0 Å². The maximum Gasteiger partial charge on any atom is 0.343 e. The Hall–Kier alpha value is -2.02. The van der Waals surface area contributed by atoms with Gasteiger partial charge in [-0.1, -0.05) is 47.1 Å². The first-order chi connectivity index (χ1) is 12.9. The number of rotatable bonds is 4. The number of fused-ring (bicyclic) bond motifs is 3. The number of hydrogen-bond donors (Lipinski definition) is 0. The molecule has 0 N–H and O–H groups in total. The van der Waals surface area contributed by atoms with Crippen LogP contribution in [0.2, 0.25) is 10.0 Å². The highest BCUT2D eigenvalue weighted by Gasteiger charge is 2.58. The molecule has 1 atom stereocenters. The Morgan fingerprint density at radius 2 is 1.96 bits per heavy atom. The highest BCUT2D eigenvalue weighted by atomic mass is 35.5. The maximum atomic E-state index is 12.9. The molecule has 2 aliphatic rings. The first-order valence-corrected chi connectivity index (χ1v) is 9.76. The summed E-state index contributed by atoms with van der Waals surface area (Å²) in [6.07, 6.45) is 0.591. The number of para-hydroxylation sites is 1. The van der Waals surface area contributed by atoms with E-state index in [4.69, 9.17) is 27.9 Å². The van der Waals surface area contributed by atoms with Gasteiger partial charge in [-0.25, -0.2) is 4.79 Å². The van der Waals surface area contributed by atoms with Gasteiger partial charge in [0.1, 0.15) is 0 Å². The standard InChI is InChI=1S/C19H13Cl2NO4S/c20-11-5-6-12(13(21)9-11)15(23)10-26-18(25)19-8-7-17(24)22(19)14-3-1-2-4-16(14)27-19/h1-6,9H,7-8,10H2. The second kappa shape index (κ2) is 6.86. The number of nitrogens with zero attached hydrogens (tertiary/aromatic N) is 1. The van der Waals surface area contributed by atoms with Gasteiger partial charge >= 0.3 is 5.97 Å². The summed E-state index contributed by atoms with van der Waals surface area (Å²) in [5.41, 5.74) is 0.933. The highest BCUT2D eigenvalue weighted by molar-refractivity contribution is 8.02. The summed E-state index contributed by atoms with van der Waals surface area (Å²) < 4.78 is 5.32. The summed E-state index contributed by atoms with van der Waals surface area (Å²) in [4.78, 5) is 38.8. The van der Waals surface area contributed by atoms with Crippen LogP contribution in [0.3, 0.4) is 0 Å². The highest BCUT2D eigenvalue weighted by Crippen LogP contribution is 2.56. The third-order valence-corrected chi connectivity index (χ3v) is 6.56. The predicted molar refractivity (Wildman–Crippen MR) is 104 cm³/mol. The quantitative estimate of drug-likeness (QED) is 0.542. The molecule has 27 heavy (non-hydrogen) atoms. The Labute approximate surface area is 169 Å². The summed E-state index contributed by atoms with van der Waals surface area (Å²) in [5.74, 6) is -1.16. The predicted octanol–water partition coefficient (Wildman–Crippen LogP) is 4.35. The molecule has 5 nitrogen and oxygen atoms in total. The largest absolute Gasteiger partial charge is 0.455 e. The first-order valence-electron chi connectivity index (χ1n) is 8.19. The molecule has 1 amide bonds. The van der Waals surface area contributed by atoms with Crippen molar-refractivity contribution in [3.63, 3.8) is 0 Å². The molecule has 0 bridgehead atoms. The van der Waals surface area contributed by atoms with Crippen LogP contribution in [0.15, 0.2) is 47.4 Å². The molecular formula is C19H13Cl2NO4S. The summed E-state index contributed by atoms with van der Waals surface area (Å²) in [5, 5.41) is 0.606. The lowest BCUT2D eigenvalue weighted by Crippen LogP contribution is -2.48. The molecule has 1 saturated heterocycles. The van der Waals surface area contributed by atoms with Crippen LogP contribution in [0.25, 0.3) is 0 Å². The lowest BCUT2D eigenvalue weighted by Gasteiger charge is -2.28. The Morgan fingerprint density at radius 3 is 2.74 bits per heavy atom. The van der Waals surface area contributed by atoms with Gasteiger partial charge in [-0.15, -0.1) is 0 Å². The molecule has 1 unspecified atom stereocenters. The fraction of sp³-hybridized carbons (Fsp3) is 0.211. The van der Waals surface area contributed by atoms with Crippen molar-refractivity contribution in [3.8, 4) is 0 Å². The van der Waals surface area contributed by atoms with Gasteiger partial charge in [-0.2, -0.15) is 0 Å². The topological polar surface area (TPSA) is 63.7 Å². The molecule has 0 aliphatic carbocycles. The van der Waals surface area contributed by atoms with E-state index in [0.717, 1.165) is 4.90 Å². The maximum absolute atomic E-state index is 12.9. The summed E-state index contributed by atoms with van der Waals surface area (Å²) in [7, 11) is 0. The normalized spacial score (nSPS) is 20.4. The zero-order valence-electron chi connectivity index (χ0n) is 13.9. The lowest BCUT2D eigenvalue weighted by molar-refractivity contribution is -0.145. The van der Waals surface area contributed by atoms with E-state index in [1.807, 2.05) is 18.2 Å². The number of esters is 1. The van der Waals surface area contributed by atoms with Gasteiger partial charge < -0.3 is 4.74 Å². The summed E-state index contributed by atoms with van der Waals surface area (Å²) >= 11 is 13.2. The molecule has 2 aromatic rings. The van der Waals surface area contributed by atoms with Crippen molar-refractivity contribution in [1.82, 2.24) is 0 Å². The van der Waals surface area contributed by atoms with E-state index in [0.29, 0.717) is 17.1 Å². The zero-order valence-corrected chi connectivity index (χ0v) is 16.2. The molecule has 4 rings (SSSR count). The molecule has 8 heteroatoms. The number of Topliss-reactive ketones (excluding diaryl/α,β-unsaturated/α-hetero) is 1. The van der Waals surface area contributed by atoms with Crippen molar-refractivity contribution in [2.75, 3.05) is 11.5 Å². The number of carbonyl (C=O) groups excluding carboxylic acids is 3. The third-order valence-electron chi connectivity index (χ3n) is 4.56. The van der Waals surface area contributed by atoms with Gasteiger partial charge in [-0.05, 0) is 30.3 Å². The number of hydrogen-bond acceptors (Lipinski definition) is 5. The molecular weight excluding hydrogens is 409 g/mol. The van der Waals surface area contributed by atoms with Crippen LogP contribution < -0.4 is 4.90 Å². The number of carbonyl (C=O) groups is 3. The van der Waals surface area contributed by atoms with Crippen LogP contribution in [-0.4, -0.2) is 29.1 Å². The molecule has 2 aromatic carbocycles. The second-order valence-corrected chi connectivity index (χ2v) is 8.37. The summed E-state index contributed by atoms with van der Waals surface area (Å²) in [6, 6.07) is 11.8. The van der Waals surface area contributed by atoms with Gasteiger partial charge in [-0.3, -0.25) is 14.5 Å². The minimum atomic E-state index is -1.15. The molecule has 0 spiro atoms. The molecule has 1 fully saturated rings. The van der Waals surface area contributed by atoms with Gasteiger partial charge in [0.2, 0.25) is 11.7 Å². The van der Waals surface area contributed by atoms with E-state index < -0.39 is 23.2 Å².